The molecule has 0 aromatic heterocycles. The quantitative estimate of drug-likeness (QED) is 0.705. The van der Waals surface area contributed by atoms with Crippen LogP contribution in [0.2, 0.25) is 0 Å². The summed E-state index contributed by atoms with van der Waals surface area (Å²) in [6.45, 7) is 0. The van der Waals surface area contributed by atoms with E-state index in [2.05, 4.69) is 10.8 Å². The Labute approximate surface area is 89.3 Å². The molecule has 3 nitrogen and oxygen atoms in total. The molecule has 0 fully saturated rings. The number of nitrogens with zero attached hydrogens (tertiary/aromatic N) is 1. The molecule has 78 valence electrons. The van der Waals surface area contributed by atoms with Gasteiger partial charge in [0.1, 0.15) is 0 Å². The molecule has 15 heavy (non-hydrogen) atoms. The van der Waals surface area contributed by atoms with Crippen LogP contribution < -0.4 is 0 Å². The van der Waals surface area contributed by atoms with Crippen LogP contribution in [0.25, 0.3) is 0 Å². The Bertz CT molecular complexity index is 354. The highest BCUT2D eigenvalue weighted by Gasteiger charge is 2.12. The maximum atomic E-state index is 10.9. The topological polar surface area (TPSA) is 50.1 Å². The molecule has 0 saturated carbocycles. The maximum Gasteiger partial charge on any atom is 0.305 e. The number of rotatable bonds is 4. The molecule has 0 aliphatic carbocycles. The lowest BCUT2D eigenvalue weighted by molar-refractivity contribution is -0.140. The van der Waals surface area contributed by atoms with Gasteiger partial charge in [-0.3, -0.25) is 4.79 Å². The van der Waals surface area contributed by atoms with Crippen molar-refractivity contribution in [2.45, 2.75) is 18.8 Å². The highest BCUT2D eigenvalue weighted by atomic mass is 16.5. The van der Waals surface area contributed by atoms with Gasteiger partial charge in [-0.05, 0) is 12.0 Å². The van der Waals surface area contributed by atoms with Gasteiger partial charge in [0.15, 0.2) is 0 Å². The van der Waals surface area contributed by atoms with Crippen LogP contribution in [0.4, 0.5) is 0 Å². The van der Waals surface area contributed by atoms with Gasteiger partial charge in [-0.2, -0.15) is 5.26 Å². The van der Waals surface area contributed by atoms with Gasteiger partial charge in [0.05, 0.1) is 19.1 Å². The third-order valence-electron chi connectivity index (χ3n) is 2.22. The molecule has 0 amide bonds. The van der Waals surface area contributed by atoms with E-state index in [-0.39, 0.29) is 18.3 Å². The Morgan fingerprint density at radius 2 is 2.13 bits per heavy atom. The SMILES string of the molecule is COC(=O)CCC(C#N)c1ccccc1. The first-order valence-corrected chi connectivity index (χ1v) is 4.79. The van der Waals surface area contributed by atoms with Gasteiger partial charge in [-0.25, -0.2) is 0 Å². The summed E-state index contributed by atoms with van der Waals surface area (Å²) in [6.07, 6.45) is 0.788. The van der Waals surface area contributed by atoms with Crippen LogP contribution in [0, 0.1) is 11.3 Å². The molecule has 1 aromatic rings. The molecule has 0 bridgehead atoms. The van der Waals surface area contributed by atoms with E-state index < -0.39 is 0 Å². The Morgan fingerprint density at radius 3 is 2.67 bits per heavy atom. The lowest BCUT2D eigenvalue weighted by Crippen LogP contribution is -2.04. The number of hydrogen-bond donors (Lipinski definition) is 0. The summed E-state index contributed by atoms with van der Waals surface area (Å²) in [7, 11) is 1.35. The number of benzene rings is 1. The Kier molecular flexibility index (Phi) is 4.36. The van der Waals surface area contributed by atoms with Crippen LogP contribution in [0.5, 0.6) is 0 Å². The van der Waals surface area contributed by atoms with Crippen LogP contribution in [0.1, 0.15) is 24.3 Å². The smallest absolute Gasteiger partial charge is 0.305 e. The average Bonchev–Trinajstić information content (AvgIpc) is 2.31. The second-order valence-electron chi connectivity index (χ2n) is 3.21. The molecule has 1 aromatic carbocycles. The third kappa shape index (κ3) is 3.43. The van der Waals surface area contributed by atoms with Crippen LogP contribution in [-0.4, -0.2) is 13.1 Å². The van der Waals surface area contributed by atoms with Gasteiger partial charge in [-0.1, -0.05) is 30.3 Å². The van der Waals surface area contributed by atoms with Crippen molar-refractivity contribution in [3.8, 4) is 6.07 Å². The van der Waals surface area contributed by atoms with Gasteiger partial charge in [0.2, 0.25) is 0 Å². The molecular formula is C12H13NO2. The van der Waals surface area contributed by atoms with E-state index in [1.54, 1.807) is 0 Å². The predicted octanol–water partition coefficient (Wildman–Crippen LogP) is 2.25. The molecule has 0 aliphatic heterocycles. The van der Waals surface area contributed by atoms with E-state index in [1.807, 2.05) is 30.3 Å². The van der Waals surface area contributed by atoms with Crippen molar-refractivity contribution in [2.24, 2.45) is 0 Å². The molecule has 1 rings (SSSR count). The highest BCUT2D eigenvalue weighted by molar-refractivity contribution is 5.69. The monoisotopic (exact) mass is 203 g/mol. The first kappa shape index (κ1) is 11.3. The first-order valence-electron chi connectivity index (χ1n) is 4.79. The second-order valence-corrected chi connectivity index (χ2v) is 3.21. The van der Waals surface area contributed by atoms with Crippen molar-refractivity contribution >= 4 is 5.97 Å². The van der Waals surface area contributed by atoms with Gasteiger partial charge in [0, 0.05) is 6.42 Å². The molecule has 0 radical (unpaired) electrons. The fourth-order valence-corrected chi connectivity index (χ4v) is 1.36. The van der Waals surface area contributed by atoms with Crippen LogP contribution in [0.15, 0.2) is 30.3 Å². The lowest BCUT2D eigenvalue weighted by Gasteiger charge is -2.07. The van der Waals surface area contributed by atoms with Gasteiger partial charge >= 0.3 is 5.97 Å². The minimum absolute atomic E-state index is 0.231. The summed E-state index contributed by atoms with van der Waals surface area (Å²) >= 11 is 0. The van der Waals surface area contributed by atoms with E-state index in [4.69, 9.17) is 5.26 Å². The van der Waals surface area contributed by atoms with E-state index in [1.165, 1.54) is 7.11 Å². The zero-order valence-electron chi connectivity index (χ0n) is 8.64. The molecule has 0 saturated heterocycles. The largest absolute Gasteiger partial charge is 0.469 e. The first-order chi connectivity index (χ1) is 7.27. The molecule has 0 spiro atoms. The lowest BCUT2D eigenvalue weighted by atomic mass is 9.96. The van der Waals surface area contributed by atoms with Crippen molar-refractivity contribution in [1.29, 1.82) is 5.26 Å². The number of methoxy groups -OCH3 is 1. The van der Waals surface area contributed by atoms with Crippen molar-refractivity contribution in [2.75, 3.05) is 7.11 Å². The molecule has 1 atom stereocenters. The zero-order chi connectivity index (χ0) is 11.1. The summed E-state index contributed by atoms with van der Waals surface area (Å²) in [4.78, 5) is 10.9. The molecule has 1 unspecified atom stereocenters. The molecule has 0 aliphatic rings. The number of nitriles is 1. The average molecular weight is 203 g/mol. The van der Waals surface area contributed by atoms with E-state index >= 15 is 0 Å². The van der Waals surface area contributed by atoms with Crippen molar-refractivity contribution in [3.63, 3.8) is 0 Å². The van der Waals surface area contributed by atoms with Crippen molar-refractivity contribution in [3.05, 3.63) is 35.9 Å². The minimum atomic E-state index is -0.272. The number of carbonyl (C=O) groups is 1. The maximum absolute atomic E-state index is 10.9. The molecule has 0 heterocycles. The van der Waals surface area contributed by atoms with E-state index in [9.17, 15) is 4.79 Å². The fourth-order valence-electron chi connectivity index (χ4n) is 1.36. The third-order valence-corrected chi connectivity index (χ3v) is 2.22. The summed E-state index contributed by atoms with van der Waals surface area (Å²) in [5.41, 5.74) is 0.948. The summed E-state index contributed by atoms with van der Waals surface area (Å²) in [6, 6.07) is 11.7. The standard InChI is InChI=1S/C12H13NO2/c1-15-12(14)8-7-11(9-13)10-5-3-2-4-6-10/h2-6,11H,7-8H2,1H3. The normalized spacial score (nSPS) is 11.5. The van der Waals surface area contributed by atoms with Crippen molar-refractivity contribution < 1.29 is 9.53 Å². The van der Waals surface area contributed by atoms with Gasteiger partial charge in [0.25, 0.3) is 0 Å². The Balaban J connectivity index is 2.59. The van der Waals surface area contributed by atoms with E-state index in [0.29, 0.717) is 6.42 Å². The van der Waals surface area contributed by atoms with Crippen LogP contribution in [0.3, 0.4) is 0 Å². The number of hydrogen-bond acceptors (Lipinski definition) is 3. The van der Waals surface area contributed by atoms with Crippen LogP contribution in [-0.2, 0) is 9.53 Å². The predicted molar refractivity (Wildman–Crippen MR) is 56.0 cm³/mol. The molecule has 3 heteroatoms. The number of carbonyl (C=O) groups excluding carboxylic acids is 1. The number of esters is 1. The minimum Gasteiger partial charge on any atom is -0.469 e. The fraction of sp³-hybridized carbons (Fsp3) is 0.333. The zero-order valence-corrected chi connectivity index (χ0v) is 8.64. The van der Waals surface area contributed by atoms with Gasteiger partial charge < -0.3 is 4.74 Å². The number of ether oxygens (including phenoxy) is 1. The molecule has 0 N–H and O–H groups in total. The molecular weight excluding hydrogens is 190 g/mol. The van der Waals surface area contributed by atoms with Crippen molar-refractivity contribution in [1.82, 2.24) is 0 Å². The van der Waals surface area contributed by atoms with E-state index in [0.717, 1.165) is 5.56 Å². The summed E-state index contributed by atoms with van der Waals surface area (Å²) in [5, 5.41) is 8.96. The second kappa shape index (κ2) is 5.82. The highest BCUT2D eigenvalue weighted by Crippen LogP contribution is 2.20. The Morgan fingerprint density at radius 1 is 1.47 bits per heavy atom. The van der Waals surface area contributed by atoms with Gasteiger partial charge in [-0.15, -0.1) is 0 Å². The Hall–Kier alpha value is -1.82. The summed E-state index contributed by atoms with van der Waals surface area (Å²) in [5.74, 6) is -0.503. The van der Waals surface area contributed by atoms with Crippen LogP contribution >= 0.6 is 0 Å². The summed E-state index contributed by atoms with van der Waals surface area (Å²) < 4.78 is 4.53.